The zero-order valence-electron chi connectivity index (χ0n) is 9.04. The van der Waals surface area contributed by atoms with Crippen LogP contribution < -0.4 is 0 Å². The van der Waals surface area contributed by atoms with Crippen molar-refractivity contribution >= 4 is 15.8 Å². The maximum Gasteiger partial charge on any atom is 0.318 e. The van der Waals surface area contributed by atoms with Gasteiger partial charge < -0.3 is 5.11 Å². The molecule has 1 N–H and O–H groups in total. The first kappa shape index (κ1) is 15.6. The molecule has 108 valence electrons. The van der Waals surface area contributed by atoms with E-state index in [1.165, 1.54) is 0 Å². The zero-order chi connectivity index (χ0) is 15.0. The first-order valence-electron chi connectivity index (χ1n) is 4.67. The summed E-state index contributed by atoms with van der Waals surface area (Å²) in [5.41, 5.74) is -3.70. The lowest BCUT2D eigenvalue weighted by Crippen LogP contribution is -2.44. The van der Waals surface area contributed by atoms with Gasteiger partial charge in [0.15, 0.2) is 39.2 Å². The normalized spacial score (nSPS) is 28.3. The van der Waals surface area contributed by atoms with Gasteiger partial charge in [0.05, 0.1) is 5.75 Å². The highest BCUT2D eigenvalue weighted by atomic mass is 32.2. The summed E-state index contributed by atoms with van der Waals surface area (Å²) in [6, 6.07) is 0. The molecule has 1 aliphatic rings. The van der Waals surface area contributed by atoms with Crippen LogP contribution in [0.25, 0.3) is 0 Å². The predicted octanol–water partition coefficient (Wildman–Crippen LogP) is 1.55. The number of carbonyl (C=O) groups is 1. The quantitative estimate of drug-likeness (QED) is 0.800. The van der Waals surface area contributed by atoms with Crippen molar-refractivity contribution in [3.05, 3.63) is 23.6 Å². The van der Waals surface area contributed by atoms with Crippen molar-refractivity contribution in [1.29, 1.82) is 0 Å². The van der Waals surface area contributed by atoms with E-state index in [4.69, 9.17) is 5.11 Å². The summed E-state index contributed by atoms with van der Waals surface area (Å²) in [5.74, 6) is -12.0. The third kappa shape index (κ3) is 3.31. The molecule has 0 amide bonds. The number of hydrogen-bond donors (Lipinski definition) is 1. The highest BCUT2D eigenvalue weighted by Gasteiger charge is 2.49. The van der Waals surface area contributed by atoms with Crippen molar-refractivity contribution in [3.63, 3.8) is 0 Å². The number of alkyl halides is 2. The van der Waals surface area contributed by atoms with Gasteiger partial charge in [-0.05, 0) is 6.08 Å². The van der Waals surface area contributed by atoms with Crippen molar-refractivity contribution in [2.45, 2.75) is 11.8 Å². The molecule has 0 spiro atoms. The average Bonchev–Trinajstić information content (AvgIpc) is 2.21. The third-order valence-electron chi connectivity index (χ3n) is 2.21. The van der Waals surface area contributed by atoms with Gasteiger partial charge in [-0.1, -0.05) is 0 Å². The Kier molecular flexibility index (Phi) is 4.03. The summed E-state index contributed by atoms with van der Waals surface area (Å²) in [4.78, 5) is 10.2. The first-order chi connectivity index (χ1) is 8.48. The standard InChI is InChI=1S/C9H7F5O4S/c10-4-1-9(14,8(13)7(12)6(4)11)3-19(17,18)2-5(15)16/h1,8H,2-3H2,(H,15,16). The van der Waals surface area contributed by atoms with Gasteiger partial charge in [0, 0.05) is 0 Å². The van der Waals surface area contributed by atoms with E-state index >= 15 is 0 Å². The predicted molar refractivity (Wildman–Crippen MR) is 53.5 cm³/mol. The maximum absolute atomic E-state index is 13.9. The topological polar surface area (TPSA) is 71.4 Å². The number of carboxylic acids is 1. The smallest absolute Gasteiger partial charge is 0.318 e. The van der Waals surface area contributed by atoms with Crippen LogP contribution in [0.3, 0.4) is 0 Å². The van der Waals surface area contributed by atoms with E-state index in [0.717, 1.165) is 0 Å². The summed E-state index contributed by atoms with van der Waals surface area (Å²) in [6.45, 7) is 0. The van der Waals surface area contributed by atoms with Crippen LogP contribution in [0.4, 0.5) is 22.0 Å². The minimum absolute atomic E-state index is 0.352. The molecule has 10 heteroatoms. The van der Waals surface area contributed by atoms with E-state index < -0.39 is 56.6 Å². The fraction of sp³-hybridized carbons (Fsp3) is 0.444. The summed E-state index contributed by atoms with van der Waals surface area (Å²) >= 11 is 0. The first-order valence-corrected chi connectivity index (χ1v) is 6.50. The Morgan fingerprint density at radius 3 is 2.37 bits per heavy atom. The second kappa shape index (κ2) is 4.91. The Balaban J connectivity index is 3.11. The fourth-order valence-corrected chi connectivity index (χ4v) is 2.86. The number of hydrogen-bond acceptors (Lipinski definition) is 3. The van der Waals surface area contributed by atoms with Gasteiger partial charge in [-0.2, -0.15) is 0 Å². The van der Waals surface area contributed by atoms with E-state index in [1.54, 1.807) is 0 Å². The molecule has 0 saturated carbocycles. The molecule has 0 radical (unpaired) electrons. The number of carboxylic acid groups (broad SMARTS) is 1. The molecule has 0 saturated heterocycles. The summed E-state index contributed by atoms with van der Waals surface area (Å²) < 4.78 is 87.8. The van der Waals surface area contributed by atoms with Crippen LogP contribution in [-0.4, -0.2) is 42.8 Å². The van der Waals surface area contributed by atoms with Crippen LogP contribution in [0.15, 0.2) is 23.6 Å². The molecule has 0 aromatic carbocycles. The minimum atomic E-state index is -4.67. The van der Waals surface area contributed by atoms with Gasteiger partial charge in [-0.15, -0.1) is 0 Å². The van der Waals surface area contributed by atoms with Gasteiger partial charge >= 0.3 is 5.97 Å². The molecule has 19 heavy (non-hydrogen) atoms. The minimum Gasteiger partial charge on any atom is -0.480 e. The Labute approximate surface area is 104 Å². The second-order valence-electron chi connectivity index (χ2n) is 3.87. The molecule has 4 nitrogen and oxygen atoms in total. The van der Waals surface area contributed by atoms with Crippen molar-refractivity contribution in [2.75, 3.05) is 11.5 Å². The molecule has 2 atom stereocenters. The van der Waals surface area contributed by atoms with E-state index in [0.29, 0.717) is 0 Å². The van der Waals surface area contributed by atoms with Crippen molar-refractivity contribution in [1.82, 2.24) is 0 Å². The van der Waals surface area contributed by atoms with E-state index in [1.807, 2.05) is 0 Å². The lowest BCUT2D eigenvalue weighted by molar-refractivity contribution is -0.134. The number of halogens is 5. The van der Waals surface area contributed by atoms with Gasteiger partial charge in [0.25, 0.3) is 0 Å². The average molecular weight is 306 g/mol. The molecule has 0 bridgehead atoms. The number of aliphatic carboxylic acids is 1. The molecule has 2 unspecified atom stereocenters. The van der Waals surface area contributed by atoms with Crippen LogP contribution in [0.5, 0.6) is 0 Å². The summed E-state index contributed by atoms with van der Waals surface area (Å²) in [6.07, 6.45) is -3.72. The Bertz CT molecular complexity index is 567. The zero-order valence-corrected chi connectivity index (χ0v) is 9.86. The second-order valence-corrected chi connectivity index (χ2v) is 5.93. The molecular weight excluding hydrogens is 299 g/mol. The van der Waals surface area contributed by atoms with E-state index in [2.05, 4.69) is 0 Å². The molecule has 1 rings (SSSR count). The van der Waals surface area contributed by atoms with Crippen LogP contribution in [0.1, 0.15) is 0 Å². The highest BCUT2D eigenvalue weighted by molar-refractivity contribution is 7.92. The van der Waals surface area contributed by atoms with Crippen molar-refractivity contribution < 1.29 is 40.3 Å². The van der Waals surface area contributed by atoms with Gasteiger partial charge in [0.2, 0.25) is 0 Å². The van der Waals surface area contributed by atoms with Gasteiger partial charge in [-0.25, -0.2) is 30.4 Å². The van der Waals surface area contributed by atoms with E-state index in [-0.39, 0.29) is 6.08 Å². The van der Waals surface area contributed by atoms with Crippen LogP contribution in [0.2, 0.25) is 0 Å². The largest absolute Gasteiger partial charge is 0.480 e. The molecule has 0 aromatic rings. The Morgan fingerprint density at radius 1 is 1.37 bits per heavy atom. The lowest BCUT2D eigenvalue weighted by atomic mass is 9.95. The SMILES string of the molecule is O=C(O)CS(=O)(=O)CC1(F)C=C(F)C(F)=C(F)C1F. The third-order valence-corrected chi connectivity index (χ3v) is 3.78. The molecular formula is C9H7F5O4S. The van der Waals surface area contributed by atoms with Crippen molar-refractivity contribution in [3.8, 4) is 0 Å². The molecule has 0 fully saturated rings. The summed E-state index contributed by atoms with van der Waals surface area (Å²) in [5, 5.41) is 8.25. The highest BCUT2D eigenvalue weighted by Crippen LogP contribution is 2.39. The molecule has 0 aromatic heterocycles. The lowest BCUT2D eigenvalue weighted by Gasteiger charge is -2.27. The molecule has 0 aliphatic heterocycles. The number of rotatable bonds is 4. The van der Waals surface area contributed by atoms with Crippen LogP contribution >= 0.6 is 0 Å². The van der Waals surface area contributed by atoms with E-state index in [9.17, 15) is 35.2 Å². The maximum atomic E-state index is 13.9. The molecule has 0 heterocycles. The summed E-state index contributed by atoms with van der Waals surface area (Å²) in [7, 11) is -4.67. The van der Waals surface area contributed by atoms with Crippen molar-refractivity contribution in [2.24, 2.45) is 0 Å². The van der Waals surface area contributed by atoms with Gasteiger partial charge in [0.1, 0.15) is 5.75 Å². The number of allylic oxidation sites excluding steroid dienone is 4. The fourth-order valence-electron chi connectivity index (χ4n) is 1.47. The Morgan fingerprint density at radius 2 is 1.89 bits per heavy atom. The van der Waals surface area contributed by atoms with Crippen LogP contribution in [-0.2, 0) is 14.6 Å². The monoisotopic (exact) mass is 306 g/mol. The number of sulfone groups is 1. The van der Waals surface area contributed by atoms with Gasteiger partial charge in [-0.3, -0.25) is 4.79 Å². The van der Waals surface area contributed by atoms with Crippen LogP contribution in [0, 0.1) is 0 Å². The molecule has 1 aliphatic carbocycles. The Hall–Kier alpha value is -1.45.